The molecule has 1 aromatic heterocycles. The zero-order valence-corrected chi connectivity index (χ0v) is 21.5. The van der Waals surface area contributed by atoms with Crippen LogP contribution in [0.5, 0.6) is 0 Å². The zero-order valence-electron chi connectivity index (χ0n) is 19.1. The summed E-state index contributed by atoms with van der Waals surface area (Å²) >= 11 is 9.12. The molecule has 0 atom stereocenters. The highest BCUT2D eigenvalue weighted by Gasteiger charge is 2.26. The highest BCUT2D eigenvalue weighted by molar-refractivity contribution is 7.98. The van der Waals surface area contributed by atoms with Crippen LogP contribution in [0.4, 0.5) is 0 Å². The first-order valence-electron chi connectivity index (χ1n) is 11.2. The summed E-state index contributed by atoms with van der Waals surface area (Å²) in [6.45, 7) is 1.34. The molecule has 3 amide bonds. The Labute approximate surface area is 217 Å². The van der Waals surface area contributed by atoms with Gasteiger partial charge in [0.15, 0.2) is 0 Å². The third-order valence-corrected chi connectivity index (χ3v) is 7.95. The summed E-state index contributed by atoms with van der Waals surface area (Å²) in [5, 5.41) is 2.85. The van der Waals surface area contributed by atoms with Gasteiger partial charge in [0.25, 0.3) is 11.8 Å². The highest BCUT2D eigenvalue weighted by atomic mass is 35.5. The number of piperidine rings is 1. The molecule has 35 heavy (non-hydrogen) atoms. The minimum Gasteiger partial charge on any atom is -0.342 e. The maximum absolute atomic E-state index is 12.7. The van der Waals surface area contributed by atoms with Gasteiger partial charge in [-0.1, -0.05) is 35.9 Å². The van der Waals surface area contributed by atoms with E-state index >= 15 is 0 Å². The van der Waals surface area contributed by atoms with Gasteiger partial charge in [0.2, 0.25) is 5.91 Å². The topological polar surface area (TPSA) is 91.4 Å². The molecule has 2 N–H and O–H groups in total. The van der Waals surface area contributed by atoms with Gasteiger partial charge < -0.3 is 4.90 Å². The molecule has 0 spiro atoms. The van der Waals surface area contributed by atoms with Crippen LogP contribution >= 0.6 is 34.7 Å². The number of nitrogens with zero attached hydrogens (tertiary/aromatic N) is 2. The first-order chi connectivity index (χ1) is 16.9. The smallest absolute Gasteiger partial charge is 0.289 e. The first-order valence-corrected chi connectivity index (χ1v) is 13.6. The molecule has 2 heterocycles. The predicted molar refractivity (Wildman–Crippen MR) is 139 cm³/mol. The number of hydrogen-bond acceptors (Lipinski definition) is 6. The number of aromatic nitrogens is 1. The largest absolute Gasteiger partial charge is 0.342 e. The number of hydrogen-bond donors (Lipinski definition) is 2. The SMILES string of the molecule is CSc1ccc(CC(=O)N2CCC(c3nc(C(=O)NNC(=O)c4ccccc4Cl)cs3)CC2)cc1. The lowest BCUT2D eigenvalue weighted by Gasteiger charge is -2.31. The normalized spacial score (nSPS) is 13.9. The summed E-state index contributed by atoms with van der Waals surface area (Å²) in [7, 11) is 0. The molecule has 1 fully saturated rings. The summed E-state index contributed by atoms with van der Waals surface area (Å²) in [5.41, 5.74) is 6.29. The molecule has 1 aliphatic heterocycles. The fourth-order valence-electron chi connectivity index (χ4n) is 3.88. The van der Waals surface area contributed by atoms with Crippen LogP contribution in [0, 0.1) is 0 Å². The van der Waals surface area contributed by atoms with Crippen molar-refractivity contribution in [1.29, 1.82) is 0 Å². The Morgan fingerprint density at radius 2 is 1.74 bits per heavy atom. The van der Waals surface area contributed by atoms with Crippen LogP contribution in [0.1, 0.15) is 50.2 Å². The van der Waals surface area contributed by atoms with Crippen LogP contribution in [-0.2, 0) is 11.2 Å². The number of carbonyl (C=O) groups excluding carboxylic acids is 3. The van der Waals surface area contributed by atoms with Crippen molar-refractivity contribution >= 4 is 52.4 Å². The van der Waals surface area contributed by atoms with E-state index in [0.29, 0.717) is 24.5 Å². The first kappa shape index (κ1) is 25.2. The Morgan fingerprint density at radius 3 is 2.43 bits per heavy atom. The molecule has 3 aromatic rings. The Kier molecular flexibility index (Phi) is 8.43. The Bertz CT molecular complexity index is 1210. The van der Waals surface area contributed by atoms with Crippen molar-refractivity contribution in [3.8, 4) is 0 Å². The van der Waals surface area contributed by atoms with Crippen molar-refractivity contribution in [2.45, 2.75) is 30.1 Å². The summed E-state index contributed by atoms with van der Waals surface area (Å²) < 4.78 is 0. The predicted octanol–water partition coefficient (Wildman–Crippen LogP) is 4.54. The van der Waals surface area contributed by atoms with E-state index in [9.17, 15) is 14.4 Å². The summed E-state index contributed by atoms with van der Waals surface area (Å²) in [4.78, 5) is 45.0. The number of thiazole rings is 1. The van der Waals surface area contributed by atoms with Crippen molar-refractivity contribution in [3.63, 3.8) is 0 Å². The molecule has 10 heteroatoms. The highest BCUT2D eigenvalue weighted by Crippen LogP contribution is 2.30. The number of halogens is 1. The number of carbonyl (C=O) groups is 3. The number of amides is 3. The van der Waals surface area contributed by atoms with E-state index in [0.717, 1.165) is 23.4 Å². The Balaban J connectivity index is 1.26. The summed E-state index contributed by atoms with van der Waals surface area (Å²) in [6.07, 6.45) is 4.03. The fraction of sp³-hybridized carbons (Fsp3) is 0.280. The van der Waals surface area contributed by atoms with Gasteiger partial charge in [-0.05, 0) is 48.9 Å². The van der Waals surface area contributed by atoms with Crippen LogP contribution < -0.4 is 10.9 Å². The van der Waals surface area contributed by atoms with Crippen molar-refractivity contribution in [3.05, 3.63) is 80.8 Å². The second-order valence-electron chi connectivity index (χ2n) is 8.14. The van der Waals surface area contributed by atoms with E-state index in [-0.39, 0.29) is 23.1 Å². The van der Waals surface area contributed by atoms with Gasteiger partial charge in [0, 0.05) is 29.3 Å². The van der Waals surface area contributed by atoms with Gasteiger partial charge >= 0.3 is 0 Å². The molecule has 0 bridgehead atoms. The van der Waals surface area contributed by atoms with Crippen LogP contribution in [0.2, 0.25) is 5.02 Å². The average molecular weight is 529 g/mol. The molecule has 2 aromatic carbocycles. The van der Waals surface area contributed by atoms with Crippen LogP contribution in [0.25, 0.3) is 0 Å². The van der Waals surface area contributed by atoms with E-state index in [1.54, 1.807) is 41.4 Å². The lowest BCUT2D eigenvalue weighted by molar-refractivity contribution is -0.131. The molecular weight excluding hydrogens is 504 g/mol. The van der Waals surface area contributed by atoms with E-state index in [1.165, 1.54) is 16.2 Å². The van der Waals surface area contributed by atoms with Crippen molar-refractivity contribution in [2.24, 2.45) is 0 Å². The lowest BCUT2D eigenvalue weighted by Crippen LogP contribution is -2.42. The van der Waals surface area contributed by atoms with E-state index in [1.807, 2.05) is 35.4 Å². The standard InChI is InChI=1S/C25H25ClN4O3S2/c1-34-18-8-6-16(7-9-18)14-22(31)30-12-10-17(11-13-30)25-27-21(15-35-25)24(33)29-28-23(32)19-4-2-3-5-20(19)26/h2-9,15,17H,10-14H2,1H3,(H,28,32)(H,29,33). The number of benzene rings is 2. The molecule has 182 valence electrons. The molecule has 0 unspecified atom stereocenters. The number of likely N-dealkylation sites (tertiary alicyclic amines) is 1. The molecular formula is C25H25ClN4O3S2. The zero-order chi connectivity index (χ0) is 24.8. The molecule has 0 aliphatic carbocycles. The van der Waals surface area contributed by atoms with Crippen LogP contribution in [0.15, 0.2) is 58.8 Å². The Morgan fingerprint density at radius 1 is 1.06 bits per heavy atom. The summed E-state index contributed by atoms with van der Waals surface area (Å²) in [6, 6.07) is 14.7. The molecule has 7 nitrogen and oxygen atoms in total. The van der Waals surface area contributed by atoms with Gasteiger partial charge in [-0.3, -0.25) is 25.2 Å². The fourth-order valence-corrected chi connectivity index (χ4v) is 5.48. The average Bonchev–Trinajstić information content (AvgIpc) is 3.38. The van der Waals surface area contributed by atoms with Gasteiger partial charge in [-0.25, -0.2) is 4.98 Å². The second-order valence-corrected chi connectivity index (χ2v) is 10.3. The summed E-state index contributed by atoms with van der Waals surface area (Å²) in [5.74, 6) is -0.664. The Hall–Kier alpha value is -2.88. The molecule has 0 saturated carbocycles. The van der Waals surface area contributed by atoms with Gasteiger partial charge in [0.1, 0.15) is 5.69 Å². The van der Waals surface area contributed by atoms with Crippen LogP contribution in [0.3, 0.4) is 0 Å². The van der Waals surface area contributed by atoms with E-state index in [2.05, 4.69) is 15.8 Å². The minimum absolute atomic E-state index is 0.133. The number of hydrazine groups is 1. The molecule has 0 radical (unpaired) electrons. The quantitative estimate of drug-likeness (QED) is 0.362. The number of nitrogens with one attached hydrogen (secondary N) is 2. The van der Waals surface area contributed by atoms with Gasteiger partial charge in [-0.2, -0.15) is 0 Å². The minimum atomic E-state index is -0.503. The van der Waals surface area contributed by atoms with Crippen molar-refractivity contribution in [2.75, 3.05) is 19.3 Å². The van der Waals surface area contributed by atoms with Crippen molar-refractivity contribution < 1.29 is 14.4 Å². The third kappa shape index (κ3) is 6.42. The number of rotatable bonds is 6. The molecule has 1 aliphatic rings. The molecule has 1 saturated heterocycles. The maximum atomic E-state index is 12.7. The van der Waals surface area contributed by atoms with Gasteiger partial charge in [-0.15, -0.1) is 23.1 Å². The van der Waals surface area contributed by atoms with E-state index < -0.39 is 11.8 Å². The number of thioether (sulfide) groups is 1. The second kappa shape index (κ2) is 11.7. The van der Waals surface area contributed by atoms with Gasteiger partial charge in [0.05, 0.1) is 22.0 Å². The maximum Gasteiger partial charge on any atom is 0.289 e. The monoisotopic (exact) mass is 528 g/mol. The third-order valence-electron chi connectivity index (χ3n) is 5.87. The van der Waals surface area contributed by atoms with Crippen LogP contribution in [-0.4, -0.2) is 47.0 Å². The molecule has 4 rings (SSSR count). The lowest BCUT2D eigenvalue weighted by atomic mass is 9.97. The van der Waals surface area contributed by atoms with E-state index in [4.69, 9.17) is 11.6 Å². The van der Waals surface area contributed by atoms with Crippen molar-refractivity contribution in [1.82, 2.24) is 20.7 Å².